The van der Waals surface area contributed by atoms with Gasteiger partial charge in [0.25, 0.3) is 5.56 Å². The predicted molar refractivity (Wildman–Crippen MR) is 68.0 cm³/mol. The van der Waals surface area contributed by atoms with Crippen molar-refractivity contribution < 1.29 is 0 Å². The van der Waals surface area contributed by atoms with Gasteiger partial charge in [0, 0.05) is 6.04 Å². The number of halogens is 2. The molecular weight excluding hydrogens is 277 g/mol. The Balaban J connectivity index is 2.38. The first-order valence-electron chi connectivity index (χ1n) is 5.30. The maximum Gasteiger partial charge on any atom is 0.287 e. The number of hydrogen-bond donors (Lipinski definition) is 0. The Bertz CT molecular complexity index is 619. The lowest BCUT2D eigenvalue weighted by atomic mass is 10.4. The second-order valence-corrected chi connectivity index (χ2v) is 4.77. The number of nitrogens with zero attached hydrogens (tertiary/aromatic N) is 5. The maximum atomic E-state index is 11.8. The van der Waals surface area contributed by atoms with Crippen molar-refractivity contribution in [3.05, 3.63) is 38.7 Å². The Hall–Kier alpha value is -1.40. The first-order valence-corrected chi connectivity index (χ1v) is 6.05. The van der Waals surface area contributed by atoms with Crippen LogP contribution < -0.4 is 5.56 Å². The summed E-state index contributed by atoms with van der Waals surface area (Å²) < 4.78 is 2.92. The molecule has 0 aliphatic heterocycles. The van der Waals surface area contributed by atoms with E-state index >= 15 is 0 Å². The molecule has 0 fully saturated rings. The lowest BCUT2D eigenvalue weighted by molar-refractivity contribution is 0.482. The second-order valence-electron chi connectivity index (χ2n) is 3.98. The van der Waals surface area contributed by atoms with Crippen molar-refractivity contribution in [3.8, 4) is 0 Å². The van der Waals surface area contributed by atoms with E-state index in [9.17, 15) is 4.79 Å². The van der Waals surface area contributed by atoms with Crippen molar-refractivity contribution in [3.63, 3.8) is 0 Å². The van der Waals surface area contributed by atoms with Gasteiger partial charge in [-0.15, -0.1) is 0 Å². The van der Waals surface area contributed by atoms with E-state index in [0.29, 0.717) is 5.82 Å². The summed E-state index contributed by atoms with van der Waals surface area (Å²) in [4.78, 5) is 15.9. The van der Waals surface area contributed by atoms with E-state index in [2.05, 4.69) is 15.2 Å². The molecule has 0 amide bonds. The van der Waals surface area contributed by atoms with Crippen LogP contribution in [0.3, 0.4) is 0 Å². The van der Waals surface area contributed by atoms with E-state index < -0.39 is 5.56 Å². The highest BCUT2D eigenvalue weighted by Gasteiger charge is 2.12. The molecule has 0 saturated carbocycles. The standard InChI is InChI=1S/C10H11Cl2N5O/c1-6(2)17-8(13-5-15-17)4-16-10(18)9(12)7(11)3-14-16/h3,5-6H,4H2,1-2H3. The molecule has 2 heterocycles. The van der Waals surface area contributed by atoms with E-state index in [-0.39, 0.29) is 22.6 Å². The summed E-state index contributed by atoms with van der Waals surface area (Å²) in [6.07, 6.45) is 2.78. The molecule has 0 bridgehead atoms. The molecule has 2 aromatic rings. The molecular formula is C10H11Cl2N5O. The highest BCUT2D eigenvalue weighted by Crippen LogP contribution is 2.15. The number of hydrogen-bond acceptors (Lipinski definition) is 4. The average molecular weight is 288 g/mol. The molecule has 0 spiro atoms. The Morgan fingerprint density at radius 2 is 2.06 bits per heavy atom. The van der Waals surface area contributed by atoms with Crippen molar-refractivity contribution in [2.24, 2.45) is 0 Å². The van der Waals surface area contributed by atoms with E-state index in [1.807, 2.05) is 13.8 Å². The van der Waals surface area contributed by atoms with Gasteiger partial charge in [-0.25, -0.2) is 14.3 Å². The summed E-state index contributed by atoms with van der Waals surface area (Å²) in [5, 5.41) is 8.11. The summed E-state index contributed by atoms with van der Waals surface area (Å²) in [5.41, 5.74) is -0.442. The van der Waals surface area contributed by atoms with Gasteiger partial charge in [0.05, 0.1) is 11.2 Å². The third kappa shape index (κ3) is 2.39. The molecule has 0 aliphatic carbocycles. The van der Waals surface area contributed by atoms with E-state index in [4.69, 9.17) is 23.2 Å². The monoisotopic (exact) mass is 287 g/mol. The lowest BCUT2D eigenvalue weighted by Crippen LogP contribution is -2.25. The Kier molecular flexibility index (Phi) is 3.68. The van der Waals surface area contributed by atoms with Crippen LogP contribution in [0.15, 0.2) is 17.3 Å². The van der Waals surface area contributed by atoms with Gasteiger partial charge in [-0.1, -0.05) is 23.2 Å². The normalized spacial score (nSPS) is 11.2. The fourth-order valence-corrected chi connectivity index (χ4v) is 1.78. The minimum atomic E-state index is -0.442. The molecule has 8 heteroatoms. The zero-order chi connectivity index (χ0) is 13.3. The number of aromatic nitrogens is 5. The number of rotatable bonds is 3. The Morgan fingerprint density at radius 3 is 2.72 bits per heavy atom. The van der Waals surface area contributed by atoms with Crippen LogP contribution in [0.5, 0.6) is 0 Å². The molecule has 6 nitrogen and oxygen atoms in total. The van der Waals surface area contributed by atoms with Gasteiger partial charge in [0.2, 0.25) is 0 Å². The molecule has 0 aromatic carbocycles. The highest BCUT2D eigenvalue weighted by atomic mass is 35.5. The summed E-state index contributed by atoms with van der Waals surface area (Å²) in [5.74, 6) is 0.637. The largest absolute Gasteiger partial charge is 0.287 e. The molecule has 0 N–H and O–H groups in total. The first kappa shape index (κ1) is 13.0. The minimum absolute atomic E-state index is 0.0396. The van der Waals surface area contributed by atoms with Gasteiger partial charge in [-0.3, -0.25) is 4.79 Å². The van der Waals surface area contributed by atoms with Crippen molar-refractivity contribution in [2.45, 2.75) is 26.4 Å². The molecule has 2 rings (SSSR count). The third-order valence-corrected chi connectivity index (χ3v) is 3.12. The maximum absolute atomic E-state index is 11.8. The fraction of sp³-hybridized carbons (Fsp3) is 0.400. The smallest absolute Gasteiger partial charge is 0.266 e. The zero-order valence-corrected chi connectivity index (χ0v) is 11.4. The van der Waals surface area contributed by atoms with Crippen molar-refractivity contribution in [2.75, 3.05) is 0 Å². The van der Waals surface area contributed by atoms with Crippen LogP contribution in [0.2, 0.25) is 10.0 Å². The molecule has 0 radical (unpaired) electrons. The van der Waals surface area contributed by atoms with Crippen LogP contribution in [0.1, 0.15) is 25.7 Å². The van der Waals surface area contributed by atoms with E-state index in [0.717, 1.165) is 0 Å². The van der Waals surface area contributed by atoms with Gasteiger partial charge in [-0.05, 0) is 13.8 Å². The summed E-state index contributed by atoms with van der Waals surface area (Å²) in [6, 6.07) is 0.154. The van der Waals surface area contributed by atoms with Gasteiger partial charge in [-0.2, -0.15) is 10.2 Å². The van der Waals surface area contributed by atoms with Crippen molar-refractivity contribution in [1.29, 1.82) is 0 Å². The highest BCUT2D eigenvalue weighted by molar-refractivity contribution is 6.41. The first-order chi connectivity index (χ1) is 8.50. The van der Waals surface area contributed by atoms with Crippen LogP contribution in [0.25, 0.3) is 0 Å². The van der Waals surface area contributed by atoms with Crippen LogP contribution >= 0.6 is 23.2 Å². The summed E-state index contributed by atoms with van der Waals surface area (Å²) in [7, 11) is 0. The summed E-state index contributed by atoms with van der Waals surface area (Å²) >= 11 is 11.5. The van der Waals surface area contributed by atoms with Gasteiger partial charge < -0.3 is 0 Å². The van der Waals surface area contributed by atoms with E-state index in [1.165, 1.54) is 17.2 Å². The van der Waals surface area contributed by atoms with Crippen molar-refractivity contribution in [1.82, 2.24) is 24.5 Å². The summed E-state index contributed by atoms with van der Waals surface area (Å²) in [6.45, 7) is 4.15. The Morgan fingerprint density at radius 1 is 1.33 bits per heavy atom. The average Bonchev–Trinajstić information content (AvgIpc) is 2.78. The van der Waals surface area contributed by atoms with Crippen LogP contribution in [0.4, 0.5) is 0 Å². The molecule has 0 atom stereocenters. The van der Waals surface area contributed by atoms with Crippen LogP contribution in [-0.2, 0) is 6.54 Å². The van der Waals surface area contributed by atoms with Crippen LogP contribution in [0, 0.1) is 0 Å². The third-order valence-electron chi connectivity index (χ3n) is 2.37. The van der Waals surface area contributed by atoms with E-state index in [1.54, 1.807) is 4.68 Å². The Labute approximate surface area is 113 Å². The molecule has 0 saturated heterocycles. The molecule has 0 unspecified atom stereocenters. The fourth-order valence-electron chi connectivity index (χ4n) is 1.51. The molecule has 2 aromatic heterocycles. The topological polar surface area (TPSA) is 65.6 Å². The minimum Gasteiger partial charge on any atom is -0.266 e. The zero-order valence-electron chi connectivity index (χ0n) is 9.84. The SMILES string of the molecule is CC(C)n1ncnc1Cn1ncc(Cl)c(Cl)c1=O. The molecule has 96 valence electrons. The predicted octanol–water partition coefficient (Wildman–Crippen LogP) is 1.77. The van der Waals surface area contributed by atoms with Crippen LogP contribution in [-0.4, -0.2) is 24.5 Å². The van der Waals surface area contributed by atoms with Gasteiger partial charge in [0.1, 0.15) is 23.7 Å². The lowest BCUT2D eigenvalue weighted by Gasteiger charge is -2.10. The van der Waals surface area contributed by atoms with Gasteiger partial charge >= 0.3 is 0 Å². The van der Waals surface area contributed by atoms with Gasteiger partial charge in [0.15, 0.2) is 0 Å². The molecule has 0 aliphatic rings. The quantitative estimate of drug-likeness (QED) is 0.863. The molecule has 18 heavy (non-hydrogen) atoms. The second kappa shape index (κ2) is 5.07. The van der Waals surface area contributed by atoms with Crippen molar-refractivity contribution >= 4 is 23.2 Å².